The number of nitrogens with zero attached hydrogens (tertiary/aromatic N) is 2. The number of anilines is 1. The van der Waals surface area contributed by atoms with Gasteiger partial charge in [-0.1, -0.05) is 30.3 Å². The van der Waals surface area contributed by atoms with Gasteiger partial charge in [0.2, 0.25) is 11.8 Å². The maximum atomic E-state index is 13.7. The van der Waals surface area contributed by atoms with Crippen LogP contribution in [0.25, 0.3) is 0 Å². The summed E-state index contributed by atoms with van der Waals surface area (Å²) in [5.74, 6) is -3.83. The first kappa shape index (κ1) is 20.8. The third-order valence-electron chi connectivity index (χ3n) is 5.20. The Hall–Kier alpha value is -2.90. The van der Waals surface area contributed by atoms with Crippen LogP contribution in [-0.4, -0.2) is 17.9 Å². The molecule has 29 heavy (non-hydrogen) atoms. The Morgan fingerprint density at radius 1 is 1.17 bits per heavy atom. The second-order valence-electron chi connectivity index (χ2n) is 7.30. The van der Waals surface area contributed by atoms with Crippen LogP contribution < -0.4 is 10.3 Å². The molecule has 1 unspecified atom stereocenters. The third-order valence-corrected chi connectivity index (χ3v) is 5.20. The summed E-state index contributed by atoms with van der Waals surface area (Å²) >= 11 is 0. The van der Waals surface area contributed by atoms with Gasteiger partial charge >= 0.3 is 0 Å². The van der Waals surface area contributed by atoms with E-state index in [9.17, 15) is 22.9 Å². The number of rotatable bonds is 6. The average molecular weight is 405 g/mol. The molecule has 1 aliphatic carbocycles. The summed E-state index contributed by atoms with van der Waals surface area (Å²) in [4.78, 5) is 24.9. The van der Waals surface area contributed by atoms with Gasteiger partial charge in [-0.2, -0.15) is 0 Å². The van der Waals surface area contributed by atoms with Crippen molar-refractivity contribution in [2.75, 3.05) is 5.01 Å². The molecule has 0 heterocycles. The molecule has 8 heteroatoms. The lowest BCUT2D eigenvalue weighted by Gasteiger charge is -2.32. The third kappa shape index (κ3) is 4.93. The van der Waals surface area contributed by atoms with Gasteiger partial charge in [-0.15, -0.1) is 4.91 Å². The van der Waals surface area contributed by atoms with Gasteiger partial charge in [0.25, 0.3) is 0 Å². The number of carbonyl (C=O) groups excluding carboxylic acids is 1. The van der Waals surface area contributed by atoms with E-state index in [0.29, 0.717) is 5.56 Å². The van der Waals surface area contributed by atoms with Crippen LogP contribution >= 0.6 is 0 Å². The number of benzene rings is 2. The van der Waals surface area contributed by atoms with Crippen LogP contribution in [0.5, 0.6) is 0 Å². The molecular weight excluding hydrogens is 383 g/mol. The summed E-state index contributed by atoms with van der Waals surface area (Å²) in [5.41, 5.74) is 1.39. The number of hydrogen-bond donors (Lipinski definition) is 1. The largest absolute Gasteiger partial charge is 0.351 e. The van der Waals surface area contributed by atoms with Crippen molar-refractivity contribution in [3.05, 3.63) is 70.4 Å². The first-order chi connectivity index (χ1) is 13.8. The van der Waals surface area contributed by atoms with Crippen LogP contribution in [0.1, 0.15) is 42.9 Å². The normalized spacial score (nSPS) is 17.4. The number of halogens is 3. The van der Waals surface area contributed by atoms with Gasteiger partial charge in [0.15, 0.2) is 6.04 Å². The Bertz CT molecular complexity index is 881. The highest BCUT2D eigenvalue weighted by Crippen LogP contribution is 2.34. The minimum atomic E-state index is -2.71. The maximum absolute atomic E-state index is 13.7. The Kier molecular flexibility index (Phi) is 6.20. The minimum absolute atomic E-state index is 0.124. The highest BCUT2D eigenvalue weighted by molar-refractivity contribution is 5.87. The lowest BCUT2D eigenvalue weighted by Crippen LogP contribution is -2.45. The molecule has 0 aliphatic heterocycles. The van der Waals surface area contributed by atoms with E-state index in [1.807, 2.05) is 0 Å². The summed E-state index contributed by atoms with van der Waals surface area (Å²) in [5, 5.41) is 6.68. The minimum Gasteiger partial charge on any atom is -0.351 e. The molecular formula is C21H22F3N3O2. The zero-order chi connectivity index (χ0) is 21.0. The molecule has 2 aromatic carbocycles. The van der Waals surface area contributed by atoms with E-state index in [2.05, 4.69) is 10.6 Å². The number of hydrogen-bond acceptors (Lipinski definition) is 3. The molecule has 1 fully saturated rings. The van der Waals surface area contributed by atoms with Crippen molar-refractivity contribution < 1.29 is 18.0 Å². The topological polar surface area (TPSA) is 61.8 Å². The second kappa shape index (κ2) is 8.63. The molecule has 1 N–H and O–H groups in total. The van der Waals surface area contributed by atoms with E-state index in [-0.39, 0.29) is 31.4 Å². The van der Waals surface area contributed by atoms with E-state index in [1.54, 1.807) is 31.2 Å². The molecule has 0 radical (unpaired) electrons. The predicted octanol–water partition coefficient (Wildman–Crippen LogP) is 5.06. The summed E-state index contributed by atoms with van der Waals surface area (Å²) in [6, 6.07) is 10.6. The fourth-order valence-electron chi connectivity index (χ4n) is 3.60. The molecule has 1 aliphatic rings. The summed E-state index contributed by atoms with van der Waals surface area (Å²) < 4.78 is 40.6. The molecule has 0 saturated heterocycles. The van der Waals surface area contributed by atoms with E-state index >= 15 is 0 Å². The van der Waals surface area contributed by atoms with Gasteiger partial charge in [0, 0.05) is 18.9 Å². The van der Waals surface area contributed by atoms with Crippen molar-refractivity contribution in [3.63, 3.8) is 0 Å². The average Bonchev–Trinajstić information content (AvgIpc) is 2.68. The van der Waals surface area contributed by atoms with E-state index in [0.717, 1.165) is 16.6 Å². The molecule has 3 rings (SSSR count). The molecule has 2 aromatic rings. The van der Waals surface area contributed by atoms with Gasteiger partial charge in [0.05, 0.1) is 11.0 Å². The Morgan fingerprint density at radius 2 is 1.86 bits per heavy atom. The summed E-state index contributed by atoms with van der Waals surface area (Å²) in [7, 11) is 0. The van der Waals surface area contributed by atoms with Crippen LogP contribution in [0.2, 0.25) is 0 Å². The highest BCUT2D eigenvalue weighted by Gasteiger charge is 2.37. The summed E-state index contributed by atoms with van der Waals surface area (Å²) in [6.45, 7) is 1.78. The SMILES string of the molecule is Cc1ccccc1C(C(=O)NC1CCC(F)(F)CC1)N(N=O)c1cccc(F)c1. The number of nitroso groups, excluding NO2 is 1. The molecule has 0 bridgehead atoms. The van der Waals surface area contributed by atoms with Gasteiger partial charge in [-0.3, -0.25) is 4.79 Å². The fourth-order valence-corrected chi connectivity index (χ4v) is 3.60. The van der Waals surface area contributed by atoms with Gasteiger partial charge < -0.3 is 5.32 Å². The number of aryl methyl sites for hydroxylation is 1. The van der Waals surface area contributed by atoms with Crippen LogP contribution in [-0.2, 0) is 4.79 Å². The first-order valence-electron chi connectivity index (χ1n) is 9.42. The number of amides is 1. The van der Waals surface area contributed by atoms with Crippen LogP contribution in [0.15, 0.2) is 53.8 Å². The molecule has 5 nitrogen and oxygen atoms in total. The van der Waals surface area contributed by atoms with Crippen molar-refractivity contribution in [1.29, 1.82) is 0 Å². The number of alkyl halides is 2. The van der Waals surface area contributed by atoms with Crippen LogP contribution in [0.3, 0.4) is 0 Å². The molecule has 1 saturated carbocycles. The predicted molar refractivity (Wildman–Crippen MR) is 104 cm³/mol. The lowest BCUT2D eigenvalue weighted by atomic mass is 9.91. The fraction of sp³-hybridized carbons (Fsp3) is 0.381. The number of carbonyl (C=O) groups is 1. The number of nitrogens with one attached hydrogen (secondary N) is 1. The van der Waals surface area contributed by atoms with Crippen molar-refractivity contribution >= 4 is 11.6 Å². The monoisotopic (exact) mass is 405 g/mol. The first-order valence-corrected chi connectivity index (χ1v) is 9.42. The highest BCUT2D eigenvalue weighted by atomic mass is 19.3. The van der Waals surface area contributed by atoms with Crippen molar-refractivity contribution in [2.45, 2.75) is 50.6 Å². The van der Waals surface area contributed by atoms with Crippen LogP contribution in [0.4, 0.5) is 18.9 Å². The second-order valence-corrected chi connectivity index (χ2v) is 7.30. The van der Waals surface area contributed by atoms with Gasteiger partial charge in [-0.25, -0.2) is 18.2 Å². The molecule has 1 atom stereocenters. The van der Waals surface area contributed by atoms with Crippen molar-refractivity contribution in [2.24, 2.45) is 5.29 Å². The molecule has 0 aromatic heterocycles. The Balaban J connectivity index is 1.92. The van der Waals surface area contributed by atoms with Crippen LogP contribution in [0, 0.1) is 17.6 Å². The Morgan fingerprint density at radius 3 is 2.48 bits per heavy atom. The lowest BCUT2D eigenvalue weighted by molar-refractivity contribution is -0.124. The smallest absolute Gasteiger partial charge is 0.249 e. The standard InChI is InChI=1S/C21H22F3N3O2/c1-14-5-2-3-8-18(14)19(27(26-29)17-7-4-6-15(22)13-17)20(28)25-16-9-11-21(23,24)12-10-16/h2-8,13,16,19H,9-12H2,1H3,(H,25,28). The molecule has 1 amide bonds. The van der Waals surface area contributed by atoms with Crippen molar-refractivity contribution in [3.8, 4) is 0 Å². The zero-order valence-electron chi connectivity index (χ0n) is 15.9. The Labute approximate surface area is 166 Å². The van der Waals surface area contributed by atoms with Gasteiger partial charge in [-0.05, 0) is 49.1 Å². The maximum Gasteiger partial charge on any atom is 0.249 e. The van der Waals surface area contributed by atoms with E-state index < -0.39 is 29.7 Å². The van der Waals surface area contributed by atoms with Crippen molar-refractivity contribution in [1.82, 2.24) is 5.32 Å². The quantitative estimate of drug-likeness (QED) is 0.540. The van der Waals surface area contributed by atoms with E-state index in [4.69, 9.17) is 0 Å². The summed E-state index contributed by atoms with van der Waals surface area (Å²) in [6.07, 6.45) is -0.305. The van der Waals surface area contributed by atoms with E-state index in [1.165, 1.54) is 18.2 Å². The molecule has 0 spiro atoms. The molecule has 154 valence electrons. The van der Waals surface area contributed by atoms with Gasteiger partial charge in [0.1, 0.15) is 5.82 Å². The zero-order valence-corrected chi connectivity index (χ0v) is 15.9.